The number of thioether (sulfide) groups is 1. The molecular weight excluding hydrogens is 282 g/mol. The minimum Gasteiger partial charge on any atom is -0.480 e. The Balaban J connectivity index is 1.94. The Kier molecular flexibility index (Phi) is 4.47. The lowest BCUT2D eigenvalue weighted by atomic mass is 9.96. The van der Waals surface area contributed by atoms with Gasteiger partial charge in [0.15, 0.2) is 4.34 Å². The normalized spacial score (nSPS) is 19.9. The van der Waals surface area contributed by atoms with E-state index >= 15 is 0 Å². The molecule has 1 heterocycles. The summed E-state index contributed by atoms with van der Waals surface area (Å²) in [6.45, 7) is 5.68. The predicted octanol–water partition coefficient (Wildman–Crippen LogP) is 2.31. The smallest absolute Gasteiger partial charge is 0.323 e. The SMILES string of the molecule is Cc1nsc(SC(C)CC(C)(NC2CC2)C(=O)O)n1. The number of hydrogen-bond acceptors (Lipinski definition) is 6. The molecule has 1 aromatic rings. The fourth-order valence-electron chi connectivity index (χ4n) is 2.00. The van der Waals surface area contributed by atoms with Gasteiger partial charge in [0.25, 0.3) is 0 Å². The summed E-state index contributed by atoms with van der Waals surface area (Å²) in [5.74, 6) is -0.00269. The number of rotatable bonds is 7. The number of aromatic nitrogens is 2. The van der Waals surface area contributed by atoms with Crippen LogP contribution in [-0.4, -0.2) is 37.3 Å². The van der Waals surface area contributed by atoms with Crippen LogP contribution in [0.3, 0.4) is 0 Å². The standard InChI is InChI=1S/C12H19N3O2S2/c1-7(18-11-13-8(2)15-19-11)6-12(3,10(16)17)14-9-4-5-9/h7,9,14H,4-6H2,1-3H3,(H,16,17). The molecule has 1 aliphatic rings. The molecule has 2 unspecified atom stereocenters. The Morgan fingerprint density at radius 1 is 1.68 bits per heavy atom. The number of aryl methyl sites for hydroxylation is 1. The molecule has 7 heteroatoms. The molecule has 2 N–H and O–H groups in total. The van der Waals surface area contributed by atoms with Gasteiger partial charge in [-0.1, -0.05) is 18.7 Å². The van der Waals surface area contributed by atoms with Crippen LogP contribution in [0.2, 0.25) is 0 Å². The Hall–Kier alpha value is -0.660. The Morgan fingerprint density at radius 2 is 2.37 bits per heavy atom. The van der Waals surface area contributed by atoms with Gasteiger partial charge in [0.05, 0.1) is 0 Å². The highest BCUT2D eigenvalue weighted by molar-refractivity contribution is 8.01. The van der Waals surface area contributed by atoms with Gasteiger partial charge >= 0.3 is 5.97 Å². The van der Waals surface area contributed by atoms with Gasteiger partial charge in [-0.25, -0.2) is 4.98 Å². The van der Waals surface area contributed by atoms with Crippen LogP contribution in [0.25, 0.3) is 0 Å². The number of carboxylic acids is 1. The summed E-state index contributed by atoms with van der Waals surface area (Å²) in [4.78, 5) is 15.8. The molecule has 2 rings (SSSR count). The molecule has 106 valence electrons. The first-order chi connectivity index (χ1) is 8.89. The van der Waals surface area contributed by atoms with Gasteiger partial charge in [0.2, 0.25) is 0 Å². The van der Waals surface area contributed by atoms with E-state index in [1.165, 1.54) is 11.5 Å². The molecule has 1 saturated carbocycles. The largest absolute Gasteiger partial charge is 0.480 e. The summed E-state index contributed by atoms with van der Waals surface area (Å²) in [6, 6.07) is 0.377. The topological polar surface area (TPSA) is 75.1 Å². The summed E-state index contributed by atoms with van der Waals surface area (Å²) in [6.07, 6.45) is 2.74. The van der Waals surface area contributed by atoms with Crippen molar-refractivity contribution >= 4 is 29.3 Å². The van der Waals surface area contributed by atoms with Crippen LogP contribution in [0.4, 0.5) is 0 Å². The first-order valence-electron chi connectivity index (χ1n) is 6.37. The molecule has 0 radical (unpaired) electrons. The van der Waals surface area contributed by atoms with E-state index in [2.05, 4.69) is 14.7 Å². The summed E-state index contributed by atoms with van der Waals surface area (Å²) < 4.78 is 5.04. The van der Waals surface area contributed by atoms with Crippen molar-refractivity contribution in [2.45, 2.75) is 61.2 Å². The van der Waals surface area contributed by atoms with Crippen LogP contribution < -0.4 is 5.32 Å². The maximum absolute atomic E-state index is 11.5. The van der Waals surface area contributed by atoms with Gasteiger partial charge in [0, 0.05) is 11.3 Å². The van der Waals surface area contributed by atoms with Gasteiger partial charge in [-0.05, 0) is 44.6 Å². The lowest BCUT2D eigenvalue weighted by Crippen LogP contribution is -2.51. The van der Waals surface area contributed by atoms with E-state index in [4.69, 9.17) is 0 Å². The number of carboxylic acid groups (broad SMARTS) is 1. The molecule has 5 nitrogen and oxygen atoms in total. The number of nitrogens with zero attached hydrogens (tertiary/aromatic N) is 2. The van der Waals surface area contributed by atoms with Crippen molar-refractivity contribution in [2.24, 2.45) is 0 Å². The van der Waals surface area contributed by atoms with Crippen LogP contribution in [0.15, 0.2) is 4.34 Å². The van der Waals surface area contributed by atoms with E-state index in [1.807, 2.05) is 13.8 Å². The van der Waals surface area contributed by atoms with E-state index in [1.54, 1.807) is 18.7 Å². The Bertz CT molecular complexity index is 462. The van der Waals surface area contributed by atoms with Gasteiger partial charge in [-0.3, -0.25) is 10.1 Å². The molecule has 0 aromatic carbocycles. The van der Waals surface area contributed by atoms with Crippen molar-refractivity contribution < 1.29 is 9.90 Å². The van der Waals surface area contributed by atoms with Crippen molar-refractivity contribution in [3.05, 3.63) is 5.82 Å². The van der Waals surface area contributed by atoms with E-state index in [9.17, 15) is 9.90 Å². The predicted molar refractivity (Wildman–Crippen MR) is 76.8 cm³/mol. The van der Waals surface area contributed by atoms with E-state index in [-0.39, 0.29) is 5.25 Å². The Labute approximate surface area is 121 Å². The summed E-state index contributed by atoms with van der Waals surface area (Å²) >= 11 is 2.97. The summed E-state index contributed by atoms with van der Waals surface area (Å²) in [7, 11) is 0. The highest BCUT2D eigenvalue weighted by Gasteiger charge is 2.39. The van der Waals surface area contributed by atoms with Crippen LogP contribution >= 0.6 is 23.3 Å². The third-order valence-electron chi connectivity index (χ3n) is 3.08. The first kappa shape index (κ1) is 14.7. The monoisotopic (exact) mass is 301 g/mol. The molecule has 1 aliphatic carbocycles. The molecule has 1 aromatic heterocycles. The van der Waals surface area contributed by atoms with Gasteiger partial charge < -0.3 is 5.11 Å². The molecule has 0 amide bonds. The first-order valence-corrected chi connectivity index (χ1v) is 8.02. The second kappa shape index (κ2) is 5.76. The maximum atomic E-state index is 11.5. The minimum atomic E-state index is -0.854. The zero-order chi connectivity index (χ0) is 14.0. The highest BCUT2D eigenvalue weighted by Crippen LogP contribution is 2.32. The quantitative estimate of drug-likeness (QED) is 0.753. The molecule has 0 saturated heterocycles. The molecule has 0 aliphatic heterocycles. The van der Waals surface area contributed by atoms with Crippen LogP contribution in [-0.2, 0) is 4.79 Å². The third kappa shape index (κ3) is 4.15. The average molecular weight is 301 g/mol. The van der Waals surface area contributed by atoms with Crippen molar-refractivity contribution in [1.82, 2.24) is 14.7 Å². The van der Waals surface area contributed by atoms with Gasteiger partial charge in [-0.2, -0.15) is 4.37 Å². The fraction of sp³-hybridized carbons (Fsp3) is 0.750. The average Bonchev–Trinajstić information content (AvgIpc) is 3.00. The van der Waals surface area contributed by atoms with Crippen molar-refractivity contribution in [3.8, 4) is 0 Å². The fourth-order valence-corrected chi connectivity index (χ4v) is 4.15. The number of hydrogen-bond donors (Lipinski definition) is 2. The lowest BCUT2D eigenvalue weighted by molar-refractivity contribution is -0.144. The van der Waals surface area contributed by atoms with Crippen LogP contribution in [0, 0.1) is 6.92 Å². The lowest BCUT2D eigenvalue weighted by Gasteiger charge is -2.28. The Morgan fingerprint density at radius 3 is 2.84 bits per heavy atom. The zero-order valence-electron chi connectivity index (χ0n) is 11.3. The molecule has 1 fully saturated rings. The van der Waals surface area contributed by atoms with Crippen molar-refractivity contribution in [2.75, 3.05) is 0 Å². The van der Waals surface area contributed by atoms with Gasteiger partial charge in [0.1, 0.15) is 11.4 Å². The molecule has 0 spiro atoms. The number of carbonyl (C=O) groups is 1. The minimum absolute atomic E-state index is 0.180. The zero-order valence-corrected chi connectivity index (χ0v) is 13.0. The van der Waals surface area contributed by atoms with E-state index < -0.39 is 11.5 Å². The summed E-state index contributed by atoms with van der Waals surface area (Å²) in [5, 5.41) is 12.9. The summed E-state index contributed by atoms with van der Waals surface area (Å²) in [5.41, 5.74) is -0.854. The molecule has 19 heavy (non-hydrogen) atoms. The van der Waals surface area contributed by atoms with Crippen molar-refractivity contribution in [3.63, 3.8) is 0 Å². The van der Waals surface area contributed by atoms with Gasteiger partial charge in [-0.15, -0.1) is 0 Å². The second-order valence-electron chi connectivity index (χ2n) is 5.30. The van der Waals surface area contributed by atoms with Crippen molar-refractivity contribution in [1.29, 1.82) is 0 Å². The molecular formula is C12H19N3O2S2. The second-order valence-corrected chi connectivity index (χ2v) is 7.73. The highest BCUT2D eigenvalue weighted by atomic mass is 32.2. The number of aliphatic carboxylic acids is 1. The molecule has 2 atom stereocenters. The van der Waals surface area contributed by atoms with Crippen LogP contribution in [0.5, 0.6) is 0 Å². The van der Waals surface area contributed by atoms with Crippen LogP contribution in [0.1, 0.15) is 38.9 Å². The van der Waals surface area contributed by atoms with E-state index in [0.717, 1.165) is 23.0 Å². The molecule has 0 bridgehead atoms. The third-order valence-corrected chi connectivity index (χ3v) is 5.06. The number of nitrogens with one attached hydrogen (secondary N) is 1. The van der Waals surface area contributed by atoms with E-state index in [0.29, 0.717) is 12.5 Å². The maximum Gasteiger partial charge on any atom is 0.323 e.